The number of para-hydroxylation sites is 2. The van der Waals surface area contributed by atoms with E-state index in [4.69, 9.17) is 0 Å². The summed E-state index contributed by atoms with van der Waals surface area (Å²) < 4.78 is 79.3. The van der Waals surface area contributed by atoms with Crippen LogP contribution in [0.3, 0.4) is 0 Å². The molecule has 7 nitrogen and oxygen atoms in total. The van der Waals surface area contributed by atoms with E-state index in [0.29, 0.717) is 22.5 Å². The van der Waals surface area contributed by atoms with Crippen LogP contribution in [0, 0.1) is 0 Å². The molecule has 0 N–H and O–H groups in total. The fourth-order valence-corrected chi connectivity index (χ4v) is 2.93. The second-order valence-corrected chi connectivity index (χ2v) is 7.68. The average Bonchev–Trinajstić information content (AvgIpc) is 2.88. The van der Waals surface area contributed by atoms with Crippen LogP contribution in [0.1, 0.15) is 11.1 Å². The van der Waals surface area contributed by atoms with Gasteiger partial charge in [0, 0.05) is 12.4 Å². The molecule has 14 heteroatoms. The van der Waals surface area contributed by atoms with Gasteiger partial charge in [-0.15, -0.1) is 37.8 Å². The van der Waals surface area contributed by atoms with E-state index in [1.165, 1.54) is 48.8 Å². The molecule has 4 aromatic carbocycles. The van der Waals surface area contributed by atoms with Crippen molar-refractivity contribution in [1.82, 2.24) is 0 Å². The van der Waals surface area contributed by atoms with Gasteiger partial charge in [0.05, 0.1) is 11.4 Å². The second-order valence-electron chi connectivity index (χ2n) is 7.68. The molecule has 0 saturated carbocycles. The van der Waals surface area contributed by atoms with Gasteiger partial charge in [-0.1, -0.05) is 48.5 Å². The van der Waals surface area contributed by atoms with Gasteiger partial charge in [-0.05, 0) is 59.7 Å². The van der Waals surface area contributed by atoms with Crippen molar-refractivity contribution in [2.75, 3.05) is 0 Å². The van der Waals surface area contributed by atoms with Crippen LogP contribution in [0.25, 0.3) is 0 Å². The zero-order chi connectivity index (χ0) is 29.2. The van der Waals surface area contributed by atoms with Gasteiger partial charge in [0.15, 0.2) is 0 Å². The number of benzene rings is 4. The summed E-state index contributed by atoms with van der Waals surface area (Å²) in [4.78, 5) is 8.03. The first-order valence-corrected chi connectivity index (χ1v) is 11.2. The molecule has 217 valence electrons. The third-order valence-corrected chi connectivity index (χ3v) is 4.68. The number of aliphatic imine (C=N–C) groups is 2. The number of alkyl halides is 6. The maximum Gasteiger partial charge on any atom is 4.00 e. The van der Waals surface area contributed by atoms with Crippen molar-refractivity contribution in [3.05, 3.63) is 108 Å². The van der Waals surface area contributed by atoms with E-state index in [-0.39, 0.29) is 47.0 Å². The van der Waals surface area contributed by atoms with E-state index in [0.717, 1.165) is 24.3 Å². The maximum absolute atomic E-state index is 12.0. The normalized spacial score (nSPS) is 11.2. The molecule has 0 aliphatic carbocycles. The molecule has 0 heterocycles. The standard InChI is InChI=1S/2C14H10F3NO2.O.V/c2*15-14(16,17)20-12-7-5-11(6-8-12)18-9-10-3-1-2-4-13(10)19;;/h2*1-9,19H;;/q;;-2;+4/p-2. The topological polar surface area (TPSA) is 118 Å². The van der Waals surface area contributed by atoms with Crippen LogP contribution in [0.4, 0.5) is 37.7 Å². The molecule has 0 aliphatic heterocycles. The quantitative estimate of drug-likeness (QED) is 0.175. The van der Waals surface area contributed by atoms with E-state index in [2.05, 4.69) is 19.5 Å². The molecule has 4 rings (SSSR count). The van der Waals surface area contributed by atoms with Crippen molar-refractivity contribution < 1.29 is 70.1 Å². The summed E-state index contributed by atoms with van der Waals surface area (Å²) in [7, 11) is 0. The molecule has 4 aromatic rings. The Bertz CT molecular complexity index is 1330. The molecule has 0 bridgehead atoms. The van der Waals surface area contributed by atoms with Gasteiger partial charge < -0.3 is 25.2 Å². The summed E-state index contributed by atoms with van der Waals surface area (Å²) in [5.41, 5.74) is 1.65. The minimum absolute atomic E-state index is 0. The molecule has 0 saturated heterocycles. The Balaban J connectivity index is 0.000000401. The predicted octanol–water partition coefficient (Wildman–Crippen LogP) is 6.70. The van der Waals surface area contributed by atoms with Gasteiger partial charge >= 0.3 is 31.3 Å². The van der Waals surface area contributed by atoms with Gasteiger partial charge in [0.25, 0.3) is 0 Å². The molecule has 0 aliphatic rings. The van der Waals surface area contributed by atoms with Crippen molar-refractivity contribution >= 4 is 23.8 Å². The Morgan fingerprint density at radius 3 is 1.12 bits per heavy atom. The third kappa shape index (κ3) is 12.8. The summed E-state index contributed by atoms with van der Waals surface area (Å²) in [5.74, 6) is -0.983. The fourth-order valence-electron chi connectivity index (χ4n) is 2.93. The molecule has 0 unspecified atom stereocenters. The van der Waals surface area contributed by atoms with Gasteiger partial charge in [0.2, 0.25) is 0 Å². The van der Waals surface area contributed by atoms with Crippen LogP contribution in [0.2, 0.25) is 0 Å². The Morgan fingerprint density at radius 2 is 0.833 bits per heavy atom. The van der Waals surface area contributed by atoms with Crippen molar-refractivity contribution in [3.8, 4) is 23.0 Å². The number of hydrogen-bond donors (Lipinski definition) is 0. The largest absolute Gasteiger partial charge is 4.00 e. The monoisotopic (exact) mass is 627 g/mol. The van der Waals surface area contributed by atoms with E-state index < -0.39 is 12.7 Å². The number of nitrogens with zero attached hydrogens (tertiary/aromatic N) is 2. The smallest absolute Gasteiger partial charge is 2.00 e. The van der Waals surface area contributed by atoms with Gasteiger partial charge in [-0.3, -0.25) is 9.98 Å². The number of halogens is 6. The molecule has 0 spiro atoms. The van der Waals surface area contributed by atoms with Crippen molar-refractivity contribution in [2.24, 2.45) is 9.98 Å². The summed E-state index contributed by atoms with van der Waals surface area (Å²) in [6, 6.07) is 22.7. The summed E-state index contributed by atoms with van der Waals surface area (Å²) in [5, 5.41) is 22.8. The molecule has 0 aromatic heterocycles. The van der Waals surface area contributed by atoms with Crippen molar-refractivity contribution in [1.29, 1.82) is 0 Å². The third-order valence-electron chi connectivity index (χ3n) is 4.68. The fraction of sp³-hybridized carbons (Fsp3) is 0.0714. The van der Waals surface area contributed by atoms with E-state index in [1.54, 1.807) is 36.4 Å². The summed E-state index contributed by atoms with van der Waals surface area (Å²) in [6.07, 6.45) is -6.71. The van der Waals surface area contributed by atoms with Crippen LogP contribution in [-0.2, 0) is 24.0 Å². The second kappa shape index (κ2) is 16.1. The van der Waals surface area contributed by atoms with Crippen LogP contribution in [0.15, 0.2) is 107 Å². The average molecular weight is 627 g/mol. The zero-order valence-corrected chi connectivity index (χ0v) is 22.4. The SMILES string of the molecule is [O-2].[O-]c1ccccc1C=Nc1ccc(OC(F)(F)F)cc1.[O-]c1ccccc1C=Nc1ccc(OC(F)(F)F)cc1.[V+4]. The molecule has 0 amide bonds. The Hall–Kier alpha value is -4.46. The minimum Gasteiger partial charge on any atom is -2.00 e. The van der Waals surface area contributed by atoms with E-state index in [1.807, 2.05) is 0 Å². The molecule has 42 heavy (non-hydrogen) atoms. The van der Waals surface area contributed by atoms with Crippen molar-refractivity contribution in [2.45, 2.75) is 12.7 Å². The van der Waals surface area contributed by atoms with E-state index >= 15 is 0 Å². The summed E-state index contributed by atoms with van der Waals surface area (Å²) >= 11 is 0. The number of rotatable bonds is 6. The first kappa shape index (κ1) is 35.6. The molecular weight excluding hydrogens is 609 g/mol. The molecule has 1 radical (unpaired) electrons. The van der Waals surface area contributed by atoms with Crippen LogP contribution >= 0.6 is 0 Å². The van der Waals surface area contributed by atoms with Crippen LogP contribution < -0.4 is 19.7 Å². The zero-order valence-electron chi connectivity index (χ0n) is 21.0. The Labute approximate surface area is 247 Å². The Kier molecular flexibility index (Phi) is 13.6. The first-order valence-electron chi connectivity index (χ1n) is 11.2. The van der Waals surface area contributed by atoms with E-state index in [9.17, 15) is 36.6 Å². The predicted molar refractivity (Wildman–Crippen MR) is 133 cm³/mol. The molecular formula is C28H18F6N2O5V. The molecule has 0 atom stereocenters. The molecule has 0 fully saturated rings. The first-order chi connectivity index (χ1) is 18.9. The van der Waals surface area contributed by atoms with Crippen LogP contribution in [0.5, 0.6) is 23.0 Å². The van der Waals surface area contributed by atoms with Gasteiger partial charge in [-0.25, -0.2) is 0 Å². The van der Waals surface area contributed by atoms with Crippen molar-refractivity contribution in [3.63, 3.8) is 0 Å². The summed E-state index contributed by atoms with van der Waals surface area (Å²) in [6.45, 7) is 0. The van der Waals surface area contributed by atoms with Gasteiger partial charge in [0.1, 0.15) is 11.5 Å². The van der Waals surface area contributed by atoms with Crippen LogP contribution in [-0.4, -0.2) is 25.2 Å². The number of hydrogen-bond acceptors (Lipinski definition) is 6. The van der Waals surface area contributed by atoms with Gasteiger partial charge in [-0.2, -0.15) is 0 Å². The Morgan fingerprint density at radius 1 is 0.524 bits per heavy atom. The number of ether oxygens (including phenoxy) is 2. The maximum atomic E-state index is 12.0. The minimum atomic E-state index is -4.72.